The normalized spacial score (nSPS) is 17.4. The molecule has 0 aliphatic carbocycles. The van der Waals surface area contributed by atoms with Crippen molar-refractivity contribution >= 4 is 33.2 Å². The van der Waals surface area contributed by atoms with Gasteiger partial charge in [0, 0.05) is 11.2 Å². The molecule has 1 aliphatic rings. The van der Waals surface area contributed by atoms with Gasteiger partial charge in [-0.1, -0.05) is 11.6 Å². The van der Waals surface area contributed by atoms with Crippen LogP contribution in [0.15, 0.2) is 21.9 Å². The second-order valence-electron chi connectivity index (χ2n) is 5.28. The molecule has 0 amide bonds. The maximum absolute atomic E-state index is 11.9. The Bertz CT molecular complexity index is 581. The molecule has 1 aromatic carbocycles. The highest BCUT2D eigenvalue weighted by atomic mass is 35.5. The molecule has 0 aromatic heterocycles. The van der Waals surface area contributed by atoms with E-state index in [2.05, 4.69) is 5.32 Å². The first-order valence-electron chi connectivity index (χ1n) is 6.69. The summed E-state index contributed by atoms with van der Waals surface area (Å²) in [5, 5.41) is 3.89. The molecule has 3 nitrogen and oxygen atoms in total. The van der Waals surface area contributed by atoms with Crippen molar-refractivity contribution in [2.45, 2.75) is 29.1 Å². The highest BCUT2D eigenvalue weighted by Crippen LogP contribution is 2.34. The summed E-state index contributed by atoms with van der Waals surface area (Å²) in [6.07, 6.45) is 6.26. The third kappa shape index (κ3) is 3.91. The SMILES string of the molecule is CSc1c(Cl)cc(CC2CCNCC2)cc1S(C)(=O)=O. The first-order chi connectivity index (χ1) is 9.41. The van der Waals surface area contributed by atoms with Gasteiger partial charge in [-0.25, -0.2) is 8.42 Å². The Balaban J connectivity index is 2.33. The van der Waals surface area contributed by atoms with E-state index in [0.717, 1.165) is 37.9 Å². The lowest BCUT2D eigenvalue weighted by atomic mass is 9.91. The van der Waals surface area contributed by atoms with E-state index >= 15 is 0 Å². The third-order valence-corrected chi connectivity index (χ3v) is 6.16. The van der Waals surface area contributed by atoms with Gasteiger partial charge in [0.15, 0.2) is 9.84 Å². The quantitative estimate of drug-likeness (QED) is 0.860. The van der Waals surface area contributed by atoms with Crippen molar-refractivity contribution in [3.8, 4) is 0 Å². The number of thioether (sulfide) groups is 1. The van der Waals surface area contributed by atoms with Crippen LogP contribution in [0.1, 0.15) is 18.4 Å². The standard InChI is InChI=1S/C14H20ClNO2S2/c1-19-14-12(15)8-11(9-13(14)20(2,17)18)7-10-3-5-16-6-4-10/h8-10,16H,3-7H2,1-2H3. The van der Waals surface area contributed by atoms with E-state index in [-0.39, 0.29) is 0 Å². The highest BCUT2D eigenvalue weighted by Gasteiger charge is 2.19. The molecule has 1 heterocycles. The van der Waals surface area contributed by atoms with Crippen LogP contribution in [0.2, 0.25) is 5.02 Å². The zero-order valence-corrected chi connectivity index (χ0v) is 14.2. The van der Waals surface area contributed by atoms with Crippen LogP contribution in [0.25, 0.3) is 0 Å². The Morgan fingerprint density at radius 2 is 2.00 bits per heavy atom. The number of piperidine rings is 1. The molecule has 0 radical (unpaired) electrons. The summed E-state index contributed by atoms with van der Waals surface area (Å²) >= 11 is 7.64. The molecule has 1 N–H and O–H groups in total. The van der Waals surface area contributed by atoms with Gasteiger partial charge in [-0.3, -0.25) is 0 Å². The van der Waals surface area contributed by atoms with E-state index in [1.807, 2.05) is 12.3 Å². The monoisotopic (exact) mass is 333 g/mol. The Labute approximate surface area is 130 Å². The average Bonchev–Trinajstić information content (AvgIpc) is 2.38. The minimum Gasteiger partial charge on any atom is -0.317 e. The predicted molar refractivity (Wildman–Crippen MR) is 85.6 cm³/mol. The first kappa shape index (κ1) is 16.1. The van der Waals surface area contributed by atoms with Crippen LogP contribution in [-0.4, -0.2) is 34.0 Å². The van der Waals surface area contributed by atoms with Gasteiger partial charge in [-0.15, -0.1) is 11.8 Å². The Kier molecular flexibility index (Phi) is 5.40. The van der Waals surface area contributed by atoms with E-state index in [0.29, 0.717) is 20.7 Å². The van der Waals surface area contributed by atoms with Crippen LogP contribution < -0.4 is 5.32 Å². The third-order valence-electron chi connectivity index (χ3n) is 3.66. The lowest BCUT2D eigenvalue weighted by molar-refractivity contribution is 0.372. The zero-order valence-electron chi connectivity index (χ0n) is 11.8. The summed E-state index contributed by atoms with van der Waals surface area (Å²) in [4.78, 5) is 1.02. The van der Waals surface area contributed by atoms with E-state index in [9.17, 15) is 8.42 Å². The van der Waals surface area contributed by atoms with Crippen molar-refractivity contribution in [1.82, 2.24) is 5.32 Å². The molecular weight excluding hydrogens is 314 g/mol. The Morgan fingerprint density at radius 3 is 2.55 bits per heavy atom. The number of halogens is 1. The van der Waals surface area contributed by atoms with Gasteiger partial charge < -0.3 is 5.32 Å². The number of hydrogen-bond acceptors (Lipinski definition) is 4. The van der Waals surface area contributed by atoms with Gasteiger partial charge in [0.05, 0.1) is 9.92 Å². The number of nitrogens with one attached hydrogen (secondary N) is 1. The first-order valence-corrected chi connectivity index (χ1v) is 10.2. The zero-order chi connectivity index (χ0) is 14.8. The largest absolute Gasteiger partial charge is 0.317 e. The molecule has 0 atom stereocenters. The molecule has 1 aliphatic heterocycles. The minimum atomic E-state index is -3.25. The predicted octanol–water partition coefficient (Wildman–Crippen LogP) is 3.01. The van der Waals surface area contributed by atoms with Gasteiger partial charge in [-0.05, 0) is 62.2 Å². The van der Waals surface area contributed by atoms with Crippen molar-refractivity contribution in [3.05, 3.63) is 22.7 Å². The summed E-state index contributed by atoms with van der Waals surface area (Å²) in [5.41, 5.74) is 1.03. The maximum atomic E-state index is 11.9. The Hall–Kier alpha value is -0.230. The smallest absolute Gasteiger partial charge is 0.176 e. The van der Waals surface area contributed by atoms with E-state index in [1.54, 1.807) is 6.07 Å². The molecule has 0 unspecified atom stereocenters. The molecule has 1 saturated heterocycles. The van der Waals surface area contributed by atoms with Gasteiger partial charge >= 0.3 is 0 Å². The van der Waals surface area contributed by atoms with E-state index in [4.69, 9.17) is 11.6 Å². The topological polar surface area (TPSA) is 46.2 Å². The summed E-state index contributed by atoms with van der Waals surface area (Å²) in [5.74, 6) is 0.611. The average molecular weight is 334 g/mol. The molecule has 0 bridgehead atoms. The van der Waals surface area contributed by atoms with Gasteiger partial charge in [0.2, 0.25) is 0 Å². The number of sulfone groups is 1. The molecule has 0 spiro atoms. The molecule has 112 valence electrons. The van der Waals surface area contributed by atoms with Crippen LogP contribution >= 0.6 is 23.4 Å². The number of benzene rings is 1. The van der Waals surface area contributed by atoms with Crippen molar-refractivity contribution < 1.29 is 8.42 Å². The lowest BCUT2D eigenvalue weighted by Crippen LogP contribution is -2.28. The second-order valence-corrected chi connectivity index (χ2v) is 8.49. The molecule has 1 aromatic rings. The molecule has 6 heteroatoms. The minimum absolute atomic E-state index is 0.362. The molecule has 1 fully saturated rings. The van der Waals surface area contributed by atoms with Crippen molar-refractivity contribution in [2.75, 3.05) is 25.6 Å². The van der Waals surface area contributed by atoms with Gasteiger partial charge in [0.1, 0.15) is 0 Å². The van der Waals surface area contributed by atoms with Crippen LogP contribution in [0.4, 0.5) is 0 Å². The summed E-state index contributed by atoms with van der Waals surface area (Å²) in [6.45, 7) is 2.08. The van der Waals surface area contributed by atoms with Crippen LogP contribution in [0, 0.1) is 5.92 Å². The van der Waals surface area contributed by atoms with Gasteiger partial charge in [0.25, 0.3) is 0 Å². The van der Waals surface area contributed by atoms with Crippen molar-refractivity contribution in [2.24, 2.45) is 5.92 Å². The van der Waals surface area contributed by atoms with Crippen LogP contribution in [-0.2, 0) is 16.3 Å². The number of rotatable bonds is 4. The fourth-order valence-corrected chi connectivity index (χ4v) is 5.19. The molecule has 0 saturated carbocycles. The van der Waals surface area contributed by atoms with Crippen LogP contribution in [0.3, 0.4) is 0 Å². The molecule has 2 rings (SSSR count). The lowest BCUT2D eigenvalue weighted by Gasteiger charge is -2.23. The van der Waals surface area contributed by atoms with Gasteiger partial charge in [-0.2, -0.15) is 0 Å². The molecule has 20 heavy (non-hydrogen) atoms. The van der Waals surface area contributed by atoms with Crippen molar-refractivity contribution in [1.29, 1.82) is 0 Å². The van der Waals surface area contributed by atoms with E-state index < -0.39 is 9.84 Å². The molecular formula is C14H20ClNO2S2. The summed E-state index contributed by atoms with van der Waals surface area (Å²) in [6, 6.07) is 3.72. The van der Waals surface area contributed by atoms with E-state index in [1.165, 1.54) is 18.0 Å². The highest BCUT2D eigenvalue weighted by molar-refractivity contribution is 7.99. The summed E-state index contributed by atoms with van der Waals surface area (Å²) < 4.78 is 23.9. The Morgan fingerprint density at radius 1 is 1.35 bits per heavy atom. The second kappa shape index (κ2) is 6.69. The van der Waals surface area contributed by atoms with Crippen LogP contribution in [0.5, 0.6) is 0 Å². The van der Waals surface area contributed by atoms with Crippen molar-refractivity contribution in [3.63, 3.8) is 0 Å². The maximum Gasteiger partial charge on any atom is 0.176 e. The fraction of sp³-hybridized carbons (Fsp3) is 0.571. The summed E-state index contributed by atoms with van der Waals surface area (Å²) in [7, 11) is -3.25. The number of hydrogen-bond donors (Lipinski definition) is 1. The fourth-order valence-electron chi connectivity index (χ4n) is 2.63.